The standard InChI is InChI=1S/C23H14I2O3/c24-19-11-15(10-18-21(26)16-8-4-5-9-17(16)22(18)27)12-20(25)23(19)28-13-14-6-2-1-3-7-14/h1-12H,13H2. The molecule has 1 aliphatic rings. The summed E-state index contributed by atoms with van der Waals surface area (Å²) in [6.45, 7) is 0.486. The SMILES string of the molecule is O=C1C(=Cc2cc(I)c(OCc3ccccc3)c(I)c2)C(=O)c2ccccc21. The minimum atomic E-state index is -0.213. The molecule has 0 atom stereocenters. The van der Waals surface area contributed by atoms with E-state index in [-0.39, 0.29) is 17.1 Å². The molecule has 1 aliphatic carbocycles. The first-order valence-electron chi connectivity index (χ1n) is 8.60. The average Bonchev–Trinajstić information content (AvgIpc) is 2.93. The molecule has 0 heterocycles. The Bertz CT molecular complexity index is 1060. The van der Waals surface area contributed by atoms with Crippen molar-refractivity contribution in [2.24, 2.45) is 0 Å². The van der Waals surface area contributed by atoms with Crippen LogP contribution in [0.1, 0.15) is 31.8 Å². The molecule has 4 rings (SSSR count). The number of ketones is 2. The number of halogens is 2. The largest absolute Gasteiger partial charge is 0.487 e. The highest BCUT2D eigenvalue weighted by Crippen LogP contribution is 2.32. The molecule has 0 radical (unpaired) electrons. The Morgan fingerprint density at radius 3 is 1.89 bits per heavy atom. The Balaban J connectivity index is 1.61. The highest BCUT2D eigenvalue weighted by atomic mass is 127. The second-order valence-corrected chi connectivity index (χ2v) is 8.67. The van der Waals surface area contributed by atoms with E-state index in [4.69, 9.17) is 4.74 Å². The molecule has 0 fully saturated rings. The van der Waals surface area contributed by atoms with Crippen molar-refractivity contribution in [3.63, 3.8) is 0 Å². The third-order valence-electron chi connectivity index (χ3n) is 4.46. The number of hydrogen-bond acceptors (Lipinski definition) is 3. The molecule has 0 spiro atoms. The van der Waals surface area contributed by atoms with E-state index in [9.17, 15) is 9.59 Å². The van der Waals surface area contributed by atoms with Gasteiger partial charge in [-0.15, -0.1) is 0 Å². The zero-order chi connectivity index (χ0) is 19.7. The van der Waals surface area contributed by atoms with Crippen molar-refractivity contribution in [3.8, 4) is 5.75 Å². The summed E-state index contributed by atoms with van der Waals surface area (Å²) in [5.41, 5.74) is 3.08. The van der Waals surface area contributed by atoms with Crippen LogP contribution in [0, 0.1) is 7.14 Å². The van der Waals surface area contributed by atoms with Gasteiger partial charge in [0.25, 0.3) is 0 Å². The molecule has 0 aliphatic heterocycles. The van der Waals surface area contributed by atoms with E-state index in [1.54, 1.807) is 30.3 Å². The number of hydrogen-bond donors (Lipinski definition) is 0. The molecule has 0 bridgehead atoms. The van der Waals surface area contributed by atoms with Crippen LogP contribution < -0.4 is 4.74 Å². The van der Waals surface area contributed by atoms with Gasteiger partial charge in [-0.2, -0.15) is 0 Å². The Kier molecular flexibility index (Phi) is 5.63. The fourth-order valence-corrected chi connectivity index (χ4v) is 5.23. The lowest BCUT2D eigenvalue weighted by Gasteiger charge is -2.12. The molecule has 138 valence electrons. The van der Waals surface area contributed by atoms with Gasteiger partial charge in [0.15, 0.2) is 11.6 Å². The van der Waals surface area contributed by atoms with Crippen molar-refractivity contribution in [2.75, 3.05) is 0 Å². The lowest BCUT2D eigenvalue weighted by Crippen LogP contribution is -2.02. The van der Waals surface area contributed by atoms with Crippen LogP contribution in [0.3, 0.4) is 0 Å². The predicted octanol–water partition coefficient (Wildman–Crippen LogP) is 5.94. The van der Waals surface area contributed by atoms with Crippen molar-refractivity contribution >= 4 is 62.8 Å². The first-order chi connectivity index (χ1) is 13.5. The number of carbonyl (C=O) groups excluding carboxylic acids is 2. The summed E-state index contributed by atoms with van der Waals surface area (Å²) in [7, 11) is 0. The molecule has 28 heavy (non-hydrogen) atoms. The van der Waals surface area contributed by atoms with Gasteiger partial charge in [0.2, 0.25) is 0 Å². The summed E-state index contributed by atoms with van der Waals surface area (Å²) in [6.07, 6.45) is 1.68. The molecule has 5 heteroatoms. The van der Waals surface area contributed by atoms with E-state index in [1.165, 1.54) is 0 Å². The first kappa shape index (κ1) is 19.3. The van der Waals surface area contributed by atoms with Crippen molar-refractivity contribution < 1.29 is 14.3 Å². The van der Waals surface area contributed by atoms with Crippen LogP contribution >= 0.6 is 45.2 Å². The lowest BCUT2D eigenvalue weighted by molar-refractivity contribution is 0.0990. The van der Waals surface area contributed by atoms with Crippen LogP contribution in [0.25, 0.3) is 6.08 Å². The smallest absolute Gasteiger partial charge is 0.197 e. The van der Waals surface area contributed by atoms with Gasteiger partial charge in [0, 0.05) is 11.1 Å². The second kappa shape index (κ2) is 8.16. The van der Waals surface area contributed by atoms with Crippen molar-refractivity contribution in [1.29, 1.82) is 0 Å². The number of rotatable bonds is 4. The fraction of sp³-hybridized carbons (Fsp3) is 0.0435. The van der Waals surface area contributed by atoms with E-state index in [0.717, 1.165) is 24.0 Å². The van der Waals surface area contributed by atoms with Gasteiger partial charge in [-0.3, -0.25) is 9.59 Å². The summed E-state index contributed by atoms with van der Waals surface area (Å²) < 4.78 is 7.87. The number of ether oxygens (including phenoxy) is 1. The zero-order valence-corrected chi connectivity index (χ0v) is 18.9. The van der Waals surface area contributed by atoms with Gasteiger partial charge in [-0.05, 0) is 74.5 Å². The Hall–Kier alpha value is -2.00. The average molecular weight is 592 g/mol. The van der Waals surface area contributed by atoms with E-state index in [1.807, 2.05) is 42.5 Å². The highest BCUT2D eigenvalue weighted by Gasteiger charge is 2.32. The van der Waals surface area contributed by atoms with E-state index in [0.29, 0.717) is 17.7 Å². The lowest BCUT2D eigenvalue weighted by atomic mass is 10.1. The van der Waals surface area contributed by atoms with Crippen LogP contribution in [-0.2, 0) is 6.61 Å². The van der Waals surface area contributed by atoms with Gasteiger partial charge >= 0.3 is 0 Å². The minimum Gasteiger partial charge on any atom is -0.487 e. The molecular formula is C23H14I2O3. The van der Waals surface area contributed by atoms with Crippen molar-refractivity contribution in [1.82, 2.24) is 0 Å². The van der Waals surface area contributed by atoms with Gasteiger partial charge < -0.3 is 4.74 Å². The van der Waals surface area contributed by atoms with Gasteiger partial charge in [0.1, 0.15) is 12.4 Å². The molecule has 0 saturated heterocycles. The van der Waals surface area contributed by atoms with Crippen LogP contribution in [0.15, 0.2) is 72.3 Å². The summed E-state index contributed by atoms with van der Waals surface area (Å²) in [5.74, 6) is 0.379. The predicted molar refractivity (Wildman–Crippen MR) is 126 cm³/mol. The molecular weight excluding hydrogens is 578 g/mol. The first-order valence-corrected chi connectivity index (χ1v) is 10.8. The van der Waals surface area contributed by atoms with Crippen LogP contribution in [0.4, 0.5) is 0 Å². The number of carbonyl (C=O) groups is 2. The van der Waals surface area contributed by atoms with E-state index in [2.05, 4.69) is 45.2 Å². The molecule has 0 saturated carbocycles. The number of allylic oxidation sites excluding steroid dienone is 1. The van der Waals surface area contributed by atoms with Crippen LogP contribution in [0.2, 0.25) is 0 Å². The van der Waals surface area contributed by atoms with Gasteiger partial charge in [-0.25, -0.2) is 0 Å². The molecule has 0 unspecified atom stereocenters. The quantitative estimate of drug-likeness (QED) is 0.214. The number of benzene rings is 3. The number of Topliss-reactive ketones (excluding diaryl/α,β-unsaturated/α-hetero) is 2. The van der Waals surface area contributed by atoms with Crippen LogP contribution in [-0.4, -0.2) is 11.6 Å². The molecule has 3 aromatic carbocycles. The fourth-order valence-electron chi connectivity index (χ4n) is 3.10. The molecule has 3 aromatic rings. The third kappa shape index (κ3) is 3.77. The number of fused-ring (bicyclic) bond motifs is 1. The maximum absolute atomic E-state index is 12.6. The maximum atomic E-state index is 12.6. The molecule has 0 amide bonds. The van der Waals surface area contributed by atoms with Crippen molar-refractivity contribution in [3.05, 3.63) is 102 Å². The molecule has 0 N–H and O–H groups in total. The second-order valence-electron chi connectivity index (χ2n) is 6.35. The summed E-state index contributed by atoms with van der Waals surface area (Å²) >= 11 is 4.45. The zero-order valence-electron chi connectivity index (χ0n) is 14.6. The minimum absolute atomic E-state index is 0.213. The van der Waals surface area contributed by atoms with Gasteiger partial charge in [0.05, 0.1) is 12.7 Å². The highest BCUT2D eigenvalue weighted by molar-refractivity contribution is 14.1. The third-order valence-corrected chi connectivity index (χ3v) is 6.07. The Morgan fingerprint density at radius 1 is 0.786 bits per heavy atom. The molecule has 3 nitrogen and oxygen atoms in total. The summed E-state index contributed by atoms with van der Waals surface area (Å²) in [6, 6.07) is 20.8. The molecule has 0 aromatic heterocycles. The van der Waals surface area contributed by atoms with Crippen molar-refractivity contribution in [2.45, 2.75) is 6.61 Å². The normalized spacial score (nSPS) is 12.9. The monoisotopic (exact) mass is 592 g/mol. The Labute approximate surface area is 190 Å². The Morgan fingerprint density at radius 2 is 1.32 bits per heavy atom. The summed E-state index contributed by atoms with van der Waals surface area (Å²) in [4.78, 5) is 25.2. The van der Waals surface area contributed by atoms with E-state index >= 15 is 0 Å². The summed E-state index contributed by atoms with van der Waals surface area (Å²) in [5, 5.41) is 0. The topological polar surface area (TPSA) is 43.4 Å². The van der Waals surface area contributed by atoms with Crippen LogP contribution in [0.5, 0.6) is 5.75 Å². The van der Waals surface area contributed by atoms with Gasteiger partial charge in [-0.1, -0.05) is 54.6 Å². The maximum Gasteiger partial charge on any atom is 0.197 e. The van der Waals surface area contributed by atoms with E-state index < -0.39 is 0 Å².